The largest absolute Gasteiger partial charge is 0.324 e. The van der Waals surface area contributed by atoms with Crippen molar-refractivity contribution in [2.45, 2.75) is 37.6 Å². The zero-order valence-electron chi connectivity index (χ0n) is 14.2. The number of benzene rings is 1. The molecule has 1 aliphatic heterocycles. The predicted molar refractivity (Wildman–Crippen MR) is 98.6 cm³/mol. The molecule has 0 spiro atoms. The molecule has 2 aliphatic rings. The lowest BCUT2D eigenvalue weighted by Crippen LogP contribution is -2.36. The molecule has 0 N–H and O–H groups in total. The highest BCUT2D eigenvalue weighted by Crippen LogP contribution is 2.39. The average Bonchev–Trinajstić information content (AvgIpc) is 3.34. The summed E-state index contributed by atoms with van der Waals surface area (Å²) in [6.07, 6.45) is 3.75. The molecule has 6 heteroatoms. The zero-order chi connectivity index (χ0) is 17.4. The number of aryl methyl sites for hydroxylation is 1. The Labute approximate surface area is 151 Å². The van der Waals surface area contributed by atoms with Gasteiger partial charge in [0.25, 0.3) is 5.56 Å². The first-order valence-electron chi connectivity index (χ1n) is 8.66. The number of nitrogens with zero attached hydrogens (tertiary/aromatic N) is 3. The molecular formula is C19H21N3O2S. The van der Waals surface area contributed by atoms with Gasteiger partial charge in [0.05, 0.1) is 12.0 Å². The molecule has 1 saturated carbocycles. The normalized spacial score (nSPS) is 20.0. The molecule has 25 heavy (non-hydrogen) atoms. The first-order chi connectivity index (χ1) is 12.1. The van der Waals surface area contributed by atoms with E-state index in [-0.39, 0.29) is 23.4 Å². The van der Waals surface area contributed by atoms with Crippen LogP contribution in [0.25, 0.3) is 0 Å². The highest BCUT2D eigenvalue weighted by Gasteiger charge is 2.31. The van der Waals surface area contributed by atoms with Gasteiger partial charge in [-0.2, -0.15) is 0 Å². The zero-order valence-corrected chi connectivity index (χ0v) is 15.0. The molecule has 2 heterocycles. The van der Waals surface area contributed by atoms with Crippen LogP contribution < -0.4 is 5.56 Å². The highest BCUT2D eigenvalue weighted by atomic mass is 32.2. The van der Waals surface area contributed by atoms with Crippen molar-refractivity contribution in [1.29, 1.82) is 0 Å². The van der Waals surface area contributed by atoms with Gasteiger partial charge in [0, 0.05) is 24.3 Å². The van der Waals surface area contributed by atoms with E-state index in [0.717, 1.165) is 29.9 Å². The molecule has 1 unspecified atom stereocenters. The molecule has 2 fully saturated rings. The summed E-state index contributed by atoms with van der Waals surface area (Å²) in [5.41, 5.74) is 3.07. The fourth-order valence-electron chi connectivity index (χ4n) is 3.13. The second kappa shape index (κ2) is 6.67. The van der Waals surface area contributed by atoms with Crippen molar-refractivity contribution in [1.82, 2.24) is 14.5 Å². The molecule has 5 nitrogen and oxygen atoms in total. The Kier molecular flexibility index (Phi) is 4.37. The third-order valence-electron chi connectivity index (χ3n) is 4.78. The molecule has 0 bridgehead atoms. The van der Waals surface area contributed by atoms with E-state index < -0.39 is 0 Å². The lowest BCUT2D eigenvalue weighted by atomic mass is 10.1. The molecule has 1 amide bonds. The summed E-state index contributed by atoms with van der Waals surface area (Å²) in [5.74, 6) is 1.33. The SMILES string of the molecule is Cc1ccc(C2SCCN2C(=O)Cn2cnc(C3CC3)cc2=O)cc1. The van der Waals surface area contributed by atoms with Gasteiger partial charge >= 0.3 is 0 Å². The van der Waals surface area contributed by atoms with Crippen LogP contribution in [0.5, 0.6) is 0 Å². The van der Waals surface area contributed by atoms with Gasteiger partial charge in [0.15, 0.2) is 0 Å². The fourth-order valence-corrected chi connectivity index (χ4v) is 4.41. The minimum absolute atomic E-state index is 0.0290. The topological polar surface area (TPSA) is 55.2 Å². The summed E-state index contributed by atoms with van der Waals surface area (Å²) in [4.78, 5) is 31.3. The van der Waals surface area contributed by atoms with E-state index >= 15 is 0 Å². The van der Waals surface area contributed by atoms with Gasteiger partial charge in [-0.3, -0.25) is 14.2 Å². The van der Waals surface area contributed by atoms with Gasteiger partial charge in [0.2, 0.25) is 5.91 Å². The van der Waals surface area contributed by atoms with Crippen LogP contribution in [0.15, 0.2) is 41.5 Å². The van der Waals surface area contributed by atoms with Crippen molar-refractivity contribution >= 4 is 17.7 Å². The Balaban J connectivity index is 1.50. The van der Waals surface area contributed by atoms with Crippen LogP contribution in [0.3, 0.4) is 0 Å². The van der Waals surface area contributed by atoms with Crippen molar-refractivity contribution < 1.29 is 4.79 Å². The van der Waals surface area contributed by atoms with Crippen LogP contribution in [0.2, 0.25) is 0 Å². The lowest BCUT2D eigenvalue weighted by Gasteiger charge is -2.24. The van der Waals surface area contributed by atoms with E-state index in [4.69, 9.17) is 0 Å². The van der Waals surface area contributed by atoms with Crippen LogP contribution in [0.1, 0.15) is 41.0 Å². The first-order valence-corrected chi connectivity index (χ1v) is 9.71. The Morgan fingerprint density at radius 2 is 2.04 bits per heavy atom. The Hall–Kier alpha value is -2.08. The molecule has 1 atom stereocenters. The Morgan fingerprint density at radius 3 is 2.72 bits per heavy atom. The average molecular weight is 355 g/mol. The predicted octanol–water partition coefficient (Wildman–Crippen LogP) is 2.70. The third kappa shape index (κ3) is 3.49. The second-order valence-electron chi connectivity index (χ2n) is 6.78. The van der Waals surface area contributed by atoms with Crippen molar-refractivity contribution in [3.63, 3.8) is 0 Å². The maximum Gasteiger partial charge on any atom is 0.254 e. The Bertz CT molecular complexity index is 842. The molecule has 4 rings (SSSR count). The maximum absolute atomic E-state index is 12.8. The quantitative estimate of drug-likeness (QED) is 0.846. The molecular weight excluding hydrogens is 334 g/mol. The van der Waals surface area contributed by atoms with Crippen molar-refractivity contribution in [2.24, 2.45) is 0 Å². The summed E-state index contributed by atoms with van der Waals surface area (Å²) >= 11 is 1.77. The van der Waals surface area contributed by atoms with Gasteiger partial charge in [-0.1, -0.05) is 29.8 Å². The van der Waals surface area contributed by atoms with E-state index in [1.807, 2.05) is 4.90 Å². The minimum atomic E-state index is -0.135. The smallest absolute Gasteiger partial charge is 0.254 e. The number of carbonyl (C=O) groups is 1. The molecule has 0 radical (unpaired) electrons. The maximum atomic E-state index is 12.8. The van der Waals surface area contributed by atoms with E-state index in [2.05, 4.69) is 36.2 Å². The number of hydrogen-bond donors (Lipinski definition) is 0. The van der Waals surface area contributed by atoms with Crippen molar-refractivity contribution in [2.75, 3.05) is 12.3 Å². The van der Waals surface area contributed by atoms with Crippen molar-refractivity contribution in [3.8, 4) is 0 Å². The van der Waals surface area contributed by atoms with Crippen LogP contribution in [-0.4, -0.2) is 32.7 Å². The number of amides is 1. The Morgan fingerprint density at radius 1 is 1.28 bits per heavy atom. The lowest BCUT2D eigenvalue weighted by molar-refractivity contribution is -0.132. The van der Waals surface area contributed by atoms with E-state index in [1.54, 1.807) is 17.8 Å². The van der Waals surface area contributed by atoms with Crippen LogP contribution in [-0.2, 0) is 11.3 Å². The summed E-state index contributed by atoms with van der Waals surface area (Å²) < 4.78 is 1.42. The first kappa shape index (κ1) is 16.4. The van der Waals surface area contributed by atoms with Gasteiger partial charge in [-0.25, -0.2) is 4.98 Å². The molecule has 2 aromatic rings. The fraction of sp³-hybridized carbons (Fsp3) is 0.421. The van der Waals surface area contributed by atoms with E-state index in [0.29, 0.717) is 12.5 Å². The monoisotopic (exact) mass is 355 g/mol. The molecule has 1 aromatic heterocycles. The van der Waals surface area contributed by atoms with Gasteiger partial charge in [-0.15, -0.1) is 11.8 Å². The summed E-state index contributed by atoms with van der Waals surface area (Å²) in [6, 6.07) is 9.89. The van der Waals surface area contributed by atoms with E-state index in [1.165, 1.54) is 16.5 Å². The minimum Gasteiger partial charge on any atom is -0.324 e. The van der Waals surface area contributed by atoms with Crippen molar-refractivity contribution in [3.05, 3.63) is 63.8 Å². The summed E-state index contributed by atoms with van der Waals surface area (Å²) in [5, 5.41) is 0.0301. The van der Waals surface area contributed by atoms with Crippen LogP contribution in [0, 0.1) is 6.92 Å². The number of aromatic nitrogens is 2. The number of thioether (sulfide) groups is 1. The van der Waals surface area contributed by atoms with Gasteiger partial charge < -0.3 is 4.90 Å². The molecule has 1 aliphatic carbocycles. The third-order valence-corrected chi connectivity index (χ3v) is 6.04. The van der Waals surface area contributed by atoms with Gasteiger partial charge in [-0.05, 0) is 25.3 Å². The molecule has 1 saturated heterocycles. The van der Waals surface area contributed by atoms with E-state index in [9.17, 15) is 9.59 Å². The second-order valence-corrected chi connectivity index (χ2v) is 7.96. The van der Waals surface area contributed by atoms with Gasteiger partial charge in [0.1, 0.15) is 11.9 Å². The molecule has 130 valence electrons. The number of rotatable bonds is 4. The van der Waals surface area contributed by atoms with Crippen LogP contribution in [0.4, 0.5) is 0 Å². The van der Waals surface area contributed by atoms with Crippen LogP contribution >= 0.6 is 11.8 Å². The number of hydrogen-bond acceptors (Lipinski definition) is 4. The highest BCUT2D eigenvalue weighted by molar-refractivity contribution is 7.99. The summed E-state index contributed by atoms with van der Waals surface area (Å²) in [7, 11) is 0. The summed E-state index contributed by atoms with van der Waals surface area (Å²) in [6.45, 7) is 2.82. The number of carbonyl (C=O) groups excluding carboxylic acids is 1. The molecule has 1 aromatic carbocycles. The standard InChI is InChI=1S/C19H21N3O2S/c1-13-2-4-15(5-3-13)19-22(8-9-25-19)18(24)11-21-12-20-16(10-17(21)23)14-6-7-14/h2-5,10,12,14,19H,6-9,11H2,1H3.